The monoisotopic (exact) mass is 582 g/mol. The average Bonchev–Trinajstić information content (AvgIpc) is 3.52. The summed E-state index contributed by atoms with van der Waals surface area (Å²) in [5.74, 6) is 0.222. The number of carbonyl (C=O) groups is 1. The van der Waals surface area contributed by atoms with Gasteiger partial charge in [-0.1, -0.05) is 25.1 Å². The molecule has 10 heteroatoms. The molecule has 202 valence electrons. The molecule has 3 aromatic rings. The van der Waals surface area contributed by atoms with Gasteiger partial charge in [0.05, 0.1) is 27.4 Å². The van der Waals surface area contributed by atoms with Gasteiger partial charge in [0, 0.05) is 77.1 Å². The minimum Gasteiger partial charge on any atom is -0.497 e. The van der Waals surface area contributed by atoms with Gasteiger partial charge in [0.25, 0.3) is 0 Å². The number of ether oxygens (including phenoxy) is 4. The maximum Gasteiger partial charge on any atom is 0.308 e. The van der Waals surface area contributed by atoms with Crippen LogP contribution in [-0.4, -0.2) is 104 Å². The van der Waals surface area contributed by atoms with Crippen LogP contribution in [0.25, 0.3) is 0 Å². The second-order valence-electron chi connectivity index (χ2n) is 9.84. The summed E-state index contributed by atoms with van der Waals surface area (Å²) in [7, 11) is -0.0984. The normalized spacial score (nSPS) is 19.1. The van der Waals surface area contributed by atoms with Crippen molar-refractivity contribution in [3.63, 3.8) is 0 Å². The van der Waals surface area contributed by atoms with Gasteiger partial charge in [-0.05, 0) is 83.7 Å². The molecule has 0 spiro atoms. The Morgan fingerprint density at radius 1 is 0.950 bits per heavy atom. The molecule has 0 saturated heterocycles. The van der Waals surface area contributed by atoms with E-state index in [9.17, 15) is 14.5 Å². The van der Waals surface area contributed by atoms with Crippen LogP contribution in [0.4, 0.5) is 0 Å². The molecule has 4 atom stereocenters. The van der Waals surface area contributed by atoms with Crippen molar-refractivity contribution in [3.05, 3.63) is 82.4 Å². The van der Waals surface area contributed by atoms with Crippen molar-refractivity contribution >= 4 is 72.9 Å². The van der Waals surface area contributed by atoms with E-state index in [1.165, 1.54) is 0 Å². The van der Waals surface area contributed by atoms with Crippen molar-refractivity contribution < 1.29 is 33.4 Å². The Hall–Kier alpha value is -1.44. The molecule has 1 heterocycles. The zero-order valence-corrected chi connectivity index (χ0v) is 28.9. The summed E-state index contributed by atoms with van der Waals surface area (Å²) in [5, 5.41) is 10.7. The summed E-state index contributed by atoms with van der Waals surface area (Å²) in [6.45, 7) is 4.53. The first-order valence-corrected chi connectivity index (χ1v) is 15.1. The summed E-state index contributed by atoms with van der Waals surface area (Å²) in [5.41, 5.74) is 4.62. The standard InChI is InChI=1S/C30H33O7P.2Na/c1-4-12-35-21-7-9-23-24(16-21)28(22-8-6-20(34-2)14-18(22)11-13-38(3)33)29(30(31)32)27(23)19-5-10-25-26(15-19)37-17-36-25;;/h5-10,14-16,27-29,38H,4,11-13,17H2,1-3H3,(H,31,32);;. The van der Waals surface area contributed by atoms with E-state index in [4.69, 9.17) is 18.9 Å². The molecule has 0 saturated carbocycles. The summed E-state index contributed by atoms with van der Waals surface area (Å²) in [6, 6.07) is 17.4. The van der Waals surface area contributed by atoms with E-state index in [-0.39, 0.29) is 65.9 Å². The van der Waals surface area contributed by atoms with Gasteiger partial charge in [0.15, 0.2) is 11.5 Å². The van der Waals surface area contributed by atoms with Crippen LogP contribution in [0.3, 0.4) is 0 Å². The predicted molar refractivity (Wildman–Crippen MR) is 158 cm³/mol. The van der Waals surface area contributed by atoms with Crippen molar-refractivity contribution in [2.45, 2.75) is 31.6 Å². The molecule has 1 N–H and O–H groups in total. The van der Waals surface area contributed by atoms with Gasteiger partial charge in [-0.3, -0.25) is 4.79 Å². The van der Waals surface area contributed by atoms with Gasteiger partial charge < -0.3 is 28.6 Å². The van der Waals surface area contributed by atoms with E-state index < -0.39 is 31.5 Å². The first kappa shape index (κ1) is 33.1. The quantitative estimate of drug-likeness (QED) is 0.261. The first-order valence-electron chi connectivity index (χ1n) is 13.0. The fraction of sp³-hybridized carbons (Fsp3) is 0.367. The predicted octanol–water partition coefficient (Wildman–Crippen LogP) is 5.16. The van der Waals surface area contributed by atoms with E-state index in [1.807, 2.05) is 54.6 Å². The topological polar surface area (TPSA) is 91.3 Å². The maximum absolute atomic E-state index is 13.1. The second kappa shape index (κ2) is 14.6. The number of hydrogen-bond donors (Lipinski definition) is 1. The van der Waals surface area contributed by atoms with Crippen molar-refractivity contribution in [2.75, 3.05) is 33.3 Å². The molecule has 5 rings (SSSR count). The Bertz CT molecular complexity index is 1380. The van der Waals surface area contributed by atoms with Crippen LogP contribution in [-0.2, 0) is 15.8 Å². The van der Waals surface area contributed by atoms with Crippen LogP contribution in [0, 0.1) is 5.92 Å². The van der Waals surface area contributed by atoms with Crippen LogP contribution in [0.2, 0.25) is 0 Å². The number of benzene rings is 3. The fourth-order valence-corrected chi connectivity index (χ4v) is 6.30. The second-order valence-corrected chi connectivity index (χ2v) is 11.7. The molecule has 0 bridgehead atoms. The first-order chi connectivity index (χ1) is 18.4. The van der Waals surface area contributed by atoms with E-state index in [1.54, 1.807) is 13.8 Å². The minimum absolute atomic E-state index is 0. The van der Waals surface area contributed by atoms with Crippen molar-refractivity contribution in [2.24, 2.45) is 5.92 Å². The molecule has 1 aliphatic heterocycles. The Balaban J connectivity index is 0.00000220. The molecule has 2 aliphatic rings. The summed E-state index contributed by atoms with van der Waals surface area (Å²) in [4.78, 5) is 13.1. The SMILES string of the molecule is CCCOc1ccc2c(c1)C(c1ccc(OC)cc1CC[PH](C)=O)C(C(=O)O)C2c1ccc2c(c1)OCO2.[Na].[Na]. The summed E-state index contributed by atoms with van der Waals surface area (Å²) in [6.07, 6.45) is 2.00. The number of fused-ring (bicyclic) bond motifs is 2. The van der Waals surface area contributed by atoms with Crippen LogP contribution < -0.4 is 18.9 Å². The van der Waals surface area contributed by atoms with Crippen LogP contribution in [0.15, 0.2) is 54.6 Å². The number of carboxylic acid groups (broad SMARTS) is 1. The van der Waals surface area contributed by atoms with Crippen molar-refractivity contribution in [1.29, 1.82) is 0 Å². The Labute approximate surface area is 280 Å². The minimum atomic E-state index is -1.71. The average molecular weight is 583 g/mol. The summed E-state index contributed by atoms with van der Waals surface area (Å²) < 4.78 is 34.6. The molecular formula is C30H33Na2O7P. The summed E-state index contributed by atoms with van der Waals surface area (Å²) >= 11 is 0. The number of aliphatic carboxylic acids is 1. The molecule has 0 amide bonds. The zero-order valence-electron chi connectivity index (χ0n) is 23.9. The Morgan fingerprint density at radius 3 is 2.38 bits per heavy atom. The molecule has 40 heavy (non-hydrogen) atoms. The van der Waals surface area contributed by atoms with Gasteiger partial charge in [-0.15, -0.1) is 0 Å². The van der Waals surface area contributed by atoms with E-state index in [2.05, 4.69) is 6.92 Å². The largest absolute Gasteiger partial charge is 0.497 e. The molecule has 4 unspecified atom stereocenters. The molecule has 0 fully saturated rings. The maximum atomic E-state index is 13.1. The third-order valence-corrected chi connectivity index (χ3v) is 8.35. The third-order valence-electron chi connectivity index (χ3n) is 7.39. The molecular weight excluding hydrogens is 549 g/mol. The number of methoxy groups -OCH3 is 1. The Morgan fingerprint density at radius 2 is 1.68 bits per heavy atom. The van der Waals surface area contributed by atoms with Gasteiger partial charge >= 0.3 is 5.97 Å². The molecule has 7 nitrogen and oxygen atoms in total. The van der Waals surface area contributed by atoms with Crippen molar-refractivity contribution in [3.8, 4) is 23.0 Å². The molecule has 0 aromatic heterocycles. The number of hydrogen-bond acceptors (Lipinski definition) is 6. The fourth-order valence-electron chi connectivity index (χ4n) is 5.67. The zero-order chi connectivity index (χ0) is 26.8. The third kappa shape index (κ3) is 6.78. The van der Waals surface area contributed by atoms with Crippen LogP contribution in [0.1, 0.15) is 53.0 Å². The molecule has 1 aliphatic carbocycles. The Kier molecular flexibility index (Phi) is 12.1. The van der Waals surface area contributed by atoms with Gasteiger partial charge in [0.1, 0.15) is 11.5 Å². The molecule has 3 aromatic carbocycles. The van der Waals surface area contributed by atoms with E-state index in [0.29, 0.717) is 36.4 Å². The van der Waals surface area contributed by atoms with Gasteiger partial charge in [-0.25, -0.2) is 0 Å². The van der Waals surface area contributed by atoms with E-state index in [0.717, 1.165) is 40.0 Å². The number of aryl methyl sites for hydroxylation is 1. The number of carboxylic acids is 1. The van der Waals surface area contributed by atoms with E-state index >= 15 is 0 Å². The van der Waals surface area contributed by atoms with Crippen molar-refractivity contribution in [1.82, 2.24) is 0 Å². The smallest absolute Gasteiger partial charge is 0.308 e. The van der Waals surface area contributed by atoms with Crippen LogP contribution in [0.5, 0.6) is 23.0 Å². The molecule has 2 radical (unpaired) electrons. The van der Waals surface area contributed by atoms with Gasteiger partial charge in [0.2, 0.25) is 6.79 Å². The van der Waals surface area contributed by atoms with Crippen LogP contribution >= 0.6 is 7.80 Å². The van der Waals surface area contributed by atoms with Gasteiger partial charge in [-0.2, -0.15) is 0 Å². The number of rotatable bonds is 10.